The summed E-state index contributed by atoms with van der Waals surface area (Å²) in [5, 5.41) is 1.30. The van der Waals surface area contributed by atoms with Crippen LogP contribution in [0.15, 0.2) is 23.2 Å². The molecule has 0 N–H and O–H groups in total. The minimum atomic E-state index is -0.655. The zero-order chi connectivity index (χ0) is 20.5. The van der Waals surface area contributed by atoms with Gasteiger partial charge in [-0.3, -0.25) is 14.0 Å². The highest BCUT2D eigenvalue weighted by atomic mass is 31.1. The number of benzene rings is 1. The molecule has 9 heteroatoms. The summed E-state index contributed by atoms with van der Waals surface area (Å²) in [7, 11) is 19.7. The van der Waals surface area contributed by atoms with Gasteiger partial charge in [0.2, 0.25) is 0 Å². The molecule has 0 fully saturated rings. The van der Waals surface area contributed by atoms with Gasteiger partial charge in [0.15, 0.2) is 11.1 Å². The van der Waals surface area contributed by atoms with E-state index in [1.54, 1.807) is 0 Å². The van der Waals surface area contributed by atoms with E-state index < -0.39 is 15.9 Å². The van der Waals surface area contributed by atoms with Crippen molar-refractivity contribution in [1.29, 1.82) is 0 Å². The van der Waals surface area contributed by atoms with E-state index >= 15 is 0 Å². The molecule has 0 bridgehead atoms. The predicted octanol–water partition coefficient (Wildman–Crippen LogP) is 3.47. The molecule has 0 aliphatic carbocycles. The van der Waals surface area contributed by atoms with Crippen molar-refractivity contribution in [3.63, 3.8) is 0 Å². The second-order valence-electron chi connectivity index (χ2n) is 7.43. The van der Waals surface area contributed by atoms with Crippen LogP contribution in [0.5, 0.6) is 0 Å². The zero-order valence-electron chi connectivity index (χ0n) is 18.3. The quantitative estimate of drug-likeness (QED) is 0.414. The molecule has 0 amide bonds. The van der Waals surface area contributed by atoms with E-state index in [9.17, 15) is 0 Å². The molecule has 7 nitrogen and oxygen atoms in total. The summed E-state index contributed by atoms with van der Waals surface area (Å²) in [4.78, 5) is 14.2. The number of aromatic nitrogens is 1. The van der Waals surface area contributed by atoms with Gasteiger partial charge in [0.05, 0.1) is 11.2 Å². The van der Waals surface area contributed by atoms with Gasteiger partial charge in [0, 0.05) is 41.0 Å². The Morgan fingerprint density at radius 1 is 0.926 bits per heavy atom. The van der Waals surface area contributed by atoms with Gasteiger partial charge >= 0.3 is 0 Å². The van der Waals surface area contributed by atoms with E-state index in [-0.39, 0.29) is 0 Å². The fourth-order valence-corrected chi connectivity index (χ4v) is 7.08. The van der Waals surface area contributed by atoms with Crippen LogP contribution in [0.1, 0.15) is 0 Å². The van der Waals surface area contributed by atoms with Gasteiger partial charge in [-0.25, -0.2) is 9.98 Å². The van der Waals surface area contributed by atoms with Crippen LogP contribution in [0.25, 0.3) is 10.6 Å². The highest BCUT2D eigenvalue weighted by Gasteiger charge is 2.23. The lowest BCUT2D eigenvalue weighted by Gasteiger charge is -2.33. The Morgan fingerprint density at radius 2 is 1.52 bits per heavy atom. The van der Waals surface area contributed by atoms with Gasteiger partial charge in [-0.1, -0.05) is 0 Å². The van der Waals surface area contributed by atoms with Crippen LogP contribution < -0.4 is 9.57 Å². The highest BCUT2D eigenvalue weighted by Crippen LogP contribution is 2.48. The van der Waals surface area contributed by atoms with E-state index in [1.165, 1.54) is 5.12 Å². The number of anilines is 1. The maximum absolute atomic E-state index is 5.02. The fourth-order valence-electron chi connectivity index (χ4n) is 2.95. The van der Waals surface area contributed by atoms with Crippen molar-refractivity contribution in [2.24, 2.45) is 4.99 Å². The van der Waals surface area contributed by atoms with Gasteiger partial charge in [0.25, 0.3) is 0 Å². The molecule has 1 unspecified atom stereocenters. The van der Waals surface area contributed by atoms with Crippen LogP contribution in [0, 0.1) is 0 Å². The van der Waals surface area contributed by atoms with E-state index in [4.69, 9.17) is 9.98 Å². The molecule has 0 saturated heterocycles. The Balaban J connectivity index is 2.59. The molecule has 1 aromatic carbocycles. The van der Waals surface area contributed by atoms with Crippen LogP contribution in [0.2, 0.25) is 0 Å². The van der Waals surface area contributed by atoms with E-state index in [2.05, 4.69) is 112 Å². The van der Waals surface area contributed by atoms with Crippen LogP contribution in [0.4, 0.5) is 11.2 Å². The second-order valence-corrected chi connectivity index (χ2v) is 12.3. The lowest BCUT2D eigenvalue weighted by atomic mass is 10.3. The summed E-state index contributed by atoms with van der Waals surface area (Å²) in [6.45, 7) is 0. The topological polar surface area (TPSA) is 41.5 Å². The third-order valence-electron chi connectivity index (χ3n) is 3.96. The molecule has 2 aromatic rings. The van der Waals surface area contributed by atoms with Crippen LogP contribution >= 0.6 is 15.9 Å². The van der Waals surface area contributed by atoms with Gasteiger partial charge < -0.3 is 9.80 Å². The molecule has 27 heavy (non-hydrogen) atoms. The Bertz CT molecular complexity index is 801. The molecule has 0 spiro atoms. The number of hydrogen-bond acceptors (Lipinski definition) is 6. The summed E-state index contributed by atoms with van der Waals surface area (Å²) in [6, 6.07) is 6.43. The maximum atomic E-state index is 5.02. The van der Waals surface area contributed by atoms with E-state index in [1.807, 2.05) is 0 Å². The Hall–Kier alpha value is -1.23. The first kappa shape index (κ1) is 22.1. The SMILES string of the molecule is CN(C)C(=Nc1ccc2c(c1)nc(N(C)C)p2N(C)C)P(N(C)C)N(C)C. The molecule has 1 atom stereocenters. The maximum Gasteiger partial charge on any atom is 0.163 e. The largest absolute Gasteiger partial charge is 0.360 e. The molecule has 150 valence electrons. The molecule has 0 aliphatic rings. The van der Waals surface area contributed by atoms with Crippen molar-refractivity contribution in [2.75, 3.05) is 80.0 Å². The first-order chi connectivity index (χ1) is 12.5. The normalized spacial score (nSPS) is 13.6. The van der Waals surface area contributed by atoms with Crippen molar-refractivity contribution >= 4 is 43.4 Å². The van der Waals surface area contributed by atoms with Gasteiger partial charge in [-0.2, -0.15) is 0 Å². The van der Waals surface area contributed by atoms with Crippen LogP contribution in [-0.2, 0) is 0 Å². The number of rotatable bonds is 6. The number of nitrogens with zero attached hydrogens (tertiary/aromatic N) is 7. The highest BCUT2D eigenvalue weighted by molar-refractivity contribution is 7.70. The minimum absolute atomic E-state index is 0.563. The summed E-state index contributed by atoms with van der Waals surface area (Å²) in [6.07, 6.45) is 0. The van der Waals surface area contributed by atoms with Crippen LogP contribution in [0.3, 0.4) is 0 Å². The molecule has 0 saturated carbocycles. The first-order valence-electron chi connectivity index (χ1n) is 8.82. The van der Waals surface area contributed by atoms with Gasteiger partial charge in [-0.05, 0) is 60.5 Å². The summed E-state index contributed by atoms with van der Waals surface area (Å²) < 4.78 is 6.73. The Labute approximate surface area is 166 Å². The third kappa shape index (κ3) is 4.79. The molecule has 0 radical (unpaired) electrons. The van der Waals surface area contributed by atoms with Crippen molar-refractivity contribution in [2.45, 2.75) is 0 Å². The second kappa shape index (κ2) is 8.85. The molecule has 1 heterocycles. The minimum Gasteiger partial charge on any atom is -0.360 e. The summed E-state index contributed by atoms with van der Waals surface area (Å²) >= 11 is 0. The predicted molar refractivity (Wildman–Crippen MR) is 124 cm³/mol. The van der Waals surface area contributed by atoms with E-state index in [0.29, 0.717) is 0 Å². The monoisotopic (exact) mass is 409 g/mol. The van der Waals surface area contributed by atoms with Gasteiger partial charge in [-0.15, -0.1) is 0 Å². The standard InChI is InChI=1S/C18H33N7P2/c1-21(2)17-20-15-13-14(11-12-16(15)26(17)23(5)6)19-18(22(3)4)27(24(7)8)25(9)10/h11-13H,1-10H3. The lowest BCUT2D eigenvalue weighted by Crippen LogP contribution is -2.30. The fraction of sp³-hybridized carbons (Fsp3) is 0.556. The number of aliphatic imine (C=N–C) groups is 1. The third-order valence-corrected chi connectivity index (χ3v) is 8.85. The summed E-state index contributed by atoms with van der Waals surface area (Å²) in [5.74, 6) is 0. The van der Waals surface area contributed by atoms with Gasteiger partial charge in [0.1, 0.15) is 8.22 Å². The molecule has 1 aromatic heterocycles. The molecule has 0 aliphatic heterocycles. The molecular weight excluding hydrogens is 376 g/mol. The number of fused-ring (bicyclic) bond motifs is 1. The zero-order valence-corrected chi connectivity index (χ0v) is 20.0. The molecule has 2 rings (SSSR count). The average Bonchev–Trinajstić information content (AvgIpc) is 2.92. The summed E-state index contributed by atoms with van der Waals surface area (Å²) in [5.41, 5.74) is 4.18. The average molecular weight is 409 g/mol. The Morgan fingerprint density at radius 3 is 1.96 bits per heavy atom. The van der Waals surface area contributed by atoms with E-state index in [0.717, 1.165) is 22.3 Å². The van der Waals surface area contributed by atoms with Crippen molar-refractivity contribution < 1.29 is 0 Å². The van der Waals surface area contributed by atoms with Crippen LogP contribution in [-0.4, -0.2) is 95.3 Å². The van der Waals surface area contributed by atoms with Crippen molar-refractivity contribution in [3.8, 4) is 0 Å². The van der Waals surface area contributed by atoms with Crippen molar-refractivity contribution in [1.82, 2.24) is 19.2 Å². The number of amidine groups is 1. The Kier molecular flexibility index (Phi) is 7.23. The first-order valence-corrected chi connectivity index (χ1v) is 11.4. The number of hydrogen-bond donors (Lipinski definition) is 0. The molecular formula is C18H33N7P2. The smallest absolute Gasteiger partial charge is 0.163 e. The van der Waals surface area contributed by atoms with Crippen molar-refractivity contribution in [3.05, 3.63) is 18.2 Å². The lowest BCUT2D eigenvalue weighted by molar-refractivity contribution is 0.567.